The van der Waals surface area contributed by atoms with Crippen LogP contribution in [0, 0.1) is 17.8 Å². The van der Waals surface area contributed by atoms with Crippen molar-refractivity contribution in [3.05, 3.63) is 64.8 Å². The summed E-state index contributed by atoms with van der Waals surface area (Å²) < 4.78 is 6.32. The number of halogens is 1. The first-order valence-electron chi connectivity index (χ1n) is 15.1. The molecule has 0 bridgehead atoms. The molecule has 3 aliphatic heterocycles. The molecule has 2 aromatic carbocycles. The lowest BCUT2D eigenvalue weighted by atomic mass is 10.0. The summed E-state index contributed by atoms with van der Waals surface area (Å²) in [6.07, 6.45) is 7.84. The lowest BCUT2D eigenvalue weighted by Gasteiger charge is -2.35. The number of rotatable bonds is 7. The van der Waals surface area contributed by atoms with Crippen LogP contribution in [0.2, 0.25) is 5.02 Å². The van der Waals surface area contributed by atoms with E-state index < -0.39 is 0 Å². The van der Waals surface area contributed by atoms with Gasteiger partial charge in [-0.25, -0.2) is 0 Å². The molecule has 4 heterocycles. The second-order valence-electron chi connectivity index (χ2n) is 12.1. The van der Waals surface area contributed by atoms with Gasteiger partial charge in [0.15, 0.2) is 5.78 Å². The number of hydrogen-bond acceptors (Lipinski definition) is 7. The number of benzene rings is 2. The number of allylic oxidation sites excluding steroid dienone is 2. The number of likely N-dealkylation sites (N-methyl/N-ethyl adjacent to an activating group) is 1. The minimum atomic E-state index is 0.161. The molecular formula is C33H38ClN5O2. The second-order valence-corrected chi connectivity index (χ2v) is 12.5. The van der Waals surface area contributed by atoms with Gasteiger partial charge in [0, 0.05) is 48.2 Å². The van der Waals surface area contributed by atoms with Gasteiger partial charge in [-0.1, -0.05) is 41.9 Å². The zero-order valence-corrected chi connectivity index (χ0v) is 24.7. The molecule has 4 atom stereocenters. The van der Waals surface area contributed by atoms with Gasteiger partial charge in [-0.2, -0.15) is 9.97 Å². The van der Waals surface area contributed by atoms with Crippen molar-refractivity contribution in [1.29, 1.82) is 0 Å². The number of nitrogens with zero attached hydrogens (tertiary/aromatic N) is 5. The molecule has 0 radical (unpaired) electrons. The maximum atomic E-state index is 12.7. The summed E-state index contributed by atoms with van der Waals surface area (Å²) in [5.74, 6) is 2.36. The van der Waals surface area contributed by atoms with Crippen LogP contribution in [-0.4, -0.2) is 66.5 Å². The van der Waals surface area contributed by atoms with Crippen LogP contribution in [0.15, 0.2) is 48.6 Å². The largest absolute Gasteiger partial charge is 0.462 e. The summed E-state index contributed by atoms with van der Waals surface area (Å²) in [4.78, 5) is 29.9. The predicted molar refractivity (Wildman–Crippen MR) is 164 cm³/mol. The first kappa shape index (κ1) is 26.7. The molecule has 0 spiro atoms. The molecule has 4 aliphatic rings. The molecule has 214 valence electrons. The Morgan fingerprint density at radius 3 is 2.73 bits per heavy atom. The fourth-order valence-corrected chi connectivity index (χ4v) is 7.73. The molecule has 1 aliphatic carbocycles. The van der Waals surface area contributed by atoms with Gasteiger partial charge in [-0.05, 0) is 81.6 Å². The molecule has 3 aromatic rings. The van der Waals surface area contributed by atoms with E-state index in [1.54, 1.807) is 6.08 Å². The van der Waals surface area contributed by atoms with Crippen LogP contribution < -0.4 is 14.5 Å². The Morgan fingerprint density at radius 1 is 1.07 bits per heavy atom. The van der Waals surface area contributed by atoms with Crippen molar-refractivity contribution < 1.29 is 9.53 Å². The van der Waals surface area contributed by atoms with Gasteiger partial charge < -0.3 is 19.4 Å². The first-order chi connectivity index (χ1) is 20.0. The number of likely N-dealkylation sites (tertiary alicyclic amines) is 1. The van der Waals surface area contributed by atoms with Gasteiger partial charge in [0.05, 0.1) is 17.3 Å². The molecule has 1 aromatic heterocycles. The van der Waals surface area contributed by atoms with E-state index in [9.17, 15) is 4.79 Å². The van der Waals surface area contributed by atoms with E-state index in [1.807, 2.05) is 25.1 Å². The molecule has 8 heteroatoms. The van der Waals surface area contributed by atoms with Crippen LogP contribution in [-0.2, 0) is 17.8 Å². The fraction of sp³-hybridized carbons (Fsp3) is 0.485. The van der Waals surface area contributed by atoms with Crippen LogP contribution in [0.1, 0.15) is 37.4 Å². The highest BCUT2D eigenvalue weighted by Gasteiger charge is 2.56. The maximum Gasteiger partial charge on any atom is 0.318 e. The van der Waals surface area contributed by atoms with Gasteiger partial charge in [0.25, 0.3) is 0 Å². The smallest absolute Gasteiger partial charge is 0.318 e. The van der Waals surface area contributed by atoms with E-state index in [4.69, 9.17) is 26.3 Å². The molecule has 1 unspecified atom stereocenters. The standard InChI is InChI=1S/C33H38ClN5O2/c1-3-7-29(40)31-23-13-17-39(18-25(23)31)32-24-14-16-38(28-12-5-9-21-8-4-11-26(34)30(21)28)19-27(24)35-33(36-32)41-20-22-10-6-15-37(22)2/h3-5,7-9,11-12,22-23,25,31H,6,10,13-20H2,1-2H3/b7-3+/t22-,23-,25+,31?/m0/s1. The Kier molecular flexibility index (Phi) is 7.11. The van der Waals surface area contributed by atoms with E-state index >= 15 is 0 Å². The predicted octanol–water partition coefficient (Wildman–Crippen LogP) is 5.54. The van der Waals surface area contributed by atoms with Crippen molar-refractivity contribution in [3.63, 3.8) is 0 Å². The monoisotopic (exact) mass is 571 g/mol. The van der Waals surface area contributed by atoms with Crippen LogP contribution in [0.3, 0.4) is 0 Å². The SMILES string of the molecule is C/C=C/C(=O)C1[C@H]2CCN(c3nc(OC[C@@H]4CCCN4C)nc4c3CCN(c3cccc5cccc(Cl)c35)C4)C[C@@H]12. The topological polar surface area (TPSA) is 61.8 Å². The average Bonchev–Trinajstić information content (AvgIpc) is 3.57. The molecular weight excluding hydrogens is 534 g/mol. The summed E-state index contributed by atoms with van der Waals surface area (Å²) in [6, 6.07) is 13.3. The first-order valence-corrected chi connectivity index (χ1v) is 15.5. The summed E-state index contributed by atoms with van der Waals surface area (Å²) in [5.41, 5.74) is 3.38. The molecule has 0 amide bonds. The summed E-state index contributed by atoms with van der Waals surface area (Å²) in [7, 11) is 2.17. The van der Waals surface area contributed by atoms with Crippen LogP contribution in [0.5, 0.6) is 6.01 Å². The normalized spacial score (nSPS) is 25.9. The Bertz CT molecular complexity index is 1500. The highest BCUT2D eigenvalue weighted by Crippen LogP contribution is 2.53. The molecule has 7 rings (SSSR count). The number of ether oxygens (including phenoxy) is 1. The van der Waals surface area contributed by atoms with Gasteiger partial charge in [-0.3, -0.25) is 4.79 Å². The minimum absolute atomic E-state index is 0.161. The van der Waals surface area contributed by atoms with E-state index in [2.05, 4.69) is 46.0 Å². The maximum absolute atomic E-state index is 12.7. The number of hydrogen-bond donors (Lipinski definition) is 0. The minimum Gasteiger partial charge on any atom is -0.462 e. The molecule has 1 saturated carbocycles. The average molecular weight is 572 g/mol. The number of piperidine rings is 1. The fourth-order valence-electron chi connectivity index (χ4n) is 7.45. The molecule has 2 saturated heterocycles. The number of carbonyl (C=O) groups is 1. The number of ketones is 1. The number of aromatic nitrogens is 2. The second kappa shape index (κ2) is 10.9. The summed E-state index contributed by atoms with van der Waals surface area (Å²) >= 11 is 6.71. The zero-order valence-electron chi connectivity index (χ0n) is 23.9. The van der Waals surface area contributed by atoms with Crippen molar-refractivity contribution >= 4 is 39.7 Å². The van der Waals surface area contributed by atoms with E-state index in [1.165, 1.54) is 12.0 Å². The third-order valence-corrected chi connectivity index (χ3v) is 10.0. The van der Waals surface area contributed by atoms with Gasteiger partial charge >= 0.3 is 6.01 Å². The summed E-state index contributed by atoms with van der Waals surface area (Å²) in [6.45, 7) is 6.95. The number of carbonyl (C=O) groups excluding carboxylic acids is 1. The van der Waals surface area contributed by atoms with Crippen LogP contribution in [0.4, 0.5) is 11.5 Å². The van der Waals surface area contributed by atoms with Gasteiger partial charge in [0.2, 0.25) is 0 Å². The van der Waals surface area contributed by atoms with Crippen molar-refractivity contribution in [3.8, 4) is 6.01 Å². The Hall–Kier alpha value is -3.16. The van der Waals surface area contributed by atoms with Crippen molar-refractivity contribution in [2.24, 2.45) is 17.8 Å². The molecule has 7 nitrogen and oxygen atoms in total. The number of fused-ring (bicyclic) bond motifs is 3. The third kappa shape index (κ3) is 4.97. The van der Waals surface area contributed by atoms with E-state index in [0.717, 1.165) is 78.4 Å². The molecule has 41 heavy (non-hydrogen) atoms. The Balaban J connectivity index is 1.20. The quantitative estimate of drug-likeness (QED) is 0.345. The lowest BCUT2D eigenvalue weighted by Crippen LogP contribution is -2.37. The van der Waals surface area contributed by atoms with Crippen LogP contribution in [0.25, 0.3) is 10.8 Å². The molecule has 3 fully saturated rings. The Morgan fingerprint density at radius 2 is 1.93 bits per heavy atom. The van der Waals surface area contributed by atoms with E-state index in [0.29, 0.717) is 37.0 Å². The van der Waals surface area contributed by atoms with Crippen molar-refractivity contribution in [1.82, 2.24) is 14.9 Å². The highest BCUT2D eigenvalue weighted by atomic mass is 35.5. The van der Waals surface area contributed by atoms with E-state index in [-0.39, 0.29) is 11.7 Å². The third-order valence-electron chi connectivity index (χ3n) is 9.73. The summed E-state index contributed by atoms with van der Waals surface area (Å²) in [5, 5.41) is 3.00. The Labute approximate surface area is 247 Å². The van der Waals surface area contributed by atoms with Crippen LogP contribution >= 0.6 is 11.6 Å². The molecule has 0 N–H and O–H groups in total. The van der Waals surface area contributed by atoms with Gasteiger partial charge in [-0.15, -0.1) is 0 Å². The van der Waals surface area contributed by atoms with Gasteiger partial charge in [0.1, 0.15) is 12.4 Å². The highest BCUT2D eigenvalue weighted by molar-refractivity contribution is 6.36. The van der Waals surface area contributed by atoms with Crippen molar-refractivity contribution in [2.45, 2.75) is 45.2 Å². The lowest BCUT2D eigenvalue weighted by molar-refractivity contribution is -0.116. The zero-order chi connectivity index (χ0) is 28.1. The number of anilines is 2. The van der Waals surface area contributed by atoms with Crippen molar-refractivity contribution in [2.75, 3.05) is 49.6 Å².